The van der Waals surface area contributed by atoms with E-state index in [-0.39, 0.29) is 17.9 Å². The first-order chi connectivity index (χ1) is 18.4. The van der Waals surface area contributed by atoms with Gasteiger partial charge in [-0.15, -0.1) is 0 Å². The highest BCUT2D eigenvalue weighted by molar-refractivity contribution is 6.16. The molecule has 2 aromatic carbocycles. The van der Waals surface area contributed by atoms with Gasteiger partial charge in [0.1, 0.15) is 17.2 Å². The fourth-order valence-corrected chi connectivity index (χ4v) is 7.12. The highest BCUT2D eigenvalue weighted by Crippen LogP contribution is 2.43. The van der Waals surface area contributed by atoms with Gasteiger partial charge in [-0.1, -0.05) is 56.5 Å². The number of carbonyl (C=O) groups excluding carboxylic acids is 1. The smallest absolute Gasteiger partial charge is 0.350 e. The Morgan fingerprint density at radius 3 is 2.61 bits per heavy atom. The molecule has 2 aliphatic carbocycles. The molecule has 38 heavy (non-hydrogen) atoms. The largest absolute Gasteiger partial charge is 0.369 e. The number of likely N-dealkylation sites (tertiary alicyclic amines) is 1. The first-order valence-corrected chi connectivity index (χ1v) is 14.7. The van der Waals surface area contributed by atoms with Crippen molar-refractivity contribution in [2.75, 3.05) is 11.4 Å². The van der Waals surface area contributed by atoms with Crippen LogP contribution in [0.25, 0.3) is 0 Å². The third-order valence-electron chi connectivity index (χ3n) is 9.54. The van der Waals surface area contributed by atoms with Crippen LogP contribution < -0.4 is 10.2 Å². The van der Waals surface area contributed by atoms with Gasteiger partial charge >= 0.3 is 6.03 Å². The van der Waals surface area contributed by atoms with Crippen LogP contribution in [-0.2, 0) is 6.54 Å². The Morgan fingerprint density at radius 2 is 1.87 bits per heavy atom. The second-order valence-corrected chi connectivity index (χ2v) is 12.2. The van der Waals surface area contributed by atoms with Crippen molar-refractivity contribution in [1.82, 2.24) is 10.2 Å². The number of aliphatic imine (C=N–C) groups is 1. The van der Waals surface area contributed by atoms with E-state index in [1.807, 2.05) is 6.07 Å². The number of benzene rings is 2. The third kappa shape index (κ3) is 5.00. The van der Waals surface area contributed by atoms with Gasteiger partial charge in [-0.3, -0.25) is 9.80 Å². The van der Waals surface area contributed by atoms with E-state index >= 15 is 0 Å². The molecule has 2 aromatic rings. The van der Waals surface area contributed by atoms with Crippen molar-refractivity contribution in [3.8, 4) is 0 Å². The average Bonchev–Trinajstić information content (AvgIpc) is 3.73. The predicted molar refractivity (Wildman–Crippen MR) is 151 cm³/mol. The van der Waals surface area contributed by atoms with Crippen LogP contribution in [0.1, 0.15) is 88.7 Å². The number of rotatable bonds is 6. The Balaban J connectivity index is 1.24. The topological polar surface area (TPSA) is 47.9 Å². The van der Waals surface area contributed by atoms with Crippen molar-refractivity contribution in [2.24, 2.45) is 10.9 Å². The summed E-state index contributed by atoms with van der Waals surface area (Å²) in [5.74, 6) is 1.95. The number of halogens is 1. The van der Waals surface area contributed by atoms with Gasteiger partial charge in [-0.2, -0.15) is 4.99 Å². The van der Waals surface area contributed by atoms with E-state index in [0.717, 1.165) is 50.5 Å². The van der Waals surface area contributed by atoms with Crippen molar-refractivity contribution >= 4 is 17.6 Å². The van der Waals surface area contributed by atoms with Crippen LogP contribution in [0, 0.1) is 11.7 Å². The summed E-state index contributed by atoms with van der Waals surface area (Å²) in [5.41, 5.74) is 2.84. The molecule has 2 heterocycles. The Bertz CT molecular complexity index is 1200. The summed E-state index contributed by atoms with van der Waals surface area (Å²) in [6.45, 7) is 6.39. The Kier molecular flexibility index (Phi) is 7.02. The Morgan fingerprint density at radius 1 is 1.08 bits per heavy atom. The molecular formula is C32H41FN4O. The number of nitrogens with one attached hydrogen (secondary N) is 1. The summed E-state index contributed by atoms with van der Waals surface area (Å²) < 4.78 is 14.3. The first-order valence-electron chi connectivity index (χ1n) is 14.7. The molecule has 6 heteroatoms. The normalized spacial score (nSPS) is 27.6. The molecule has 2 saturated carbocycles. The summed E-state index contributed by atoms with van der Waals surface area (Å²) >= 11 is 0. The minimum atomic E-state index is -0.569. The van der Waals surface area contributed by atoms with Gasteiger partial charge < -0.3 is 5.32 Å². The van der Waals surface area contributed by atoms with Crippen LogP contribution >= 0.6 is 0 Å². The van der Waals surface area contributed by atoms with E-state index in [9.17, 15) is 9.18 Å². The van der Waals surface area contributed by atoms with E-state index in [1.165, 1.54) is 55.4 Å². The molecule has 1 N–H and O–H groups in total. The lowest BCUT2D eigenvalue weighted by Gasteiger charge is -2.48. The Labute approximate surface area is 226 Å². The number of hydrogen-bond donors (Lipinski definition) is 1. The Hall–Kier alpha value is -2.73. The average molecular weight is 517 g/mol. The number of amidine groups is 1. The summed E-state index contributed by atoms with van der Waals surface area (Å²) in [5, 5.41) is 3.72. The van der Waals surface area contributed by atoms with E-state index in [1.54, 1.807) is 11.0 Å². The molecule has 5 nitrogen and oxygen atoms in total. The van der Waals surface area contributed by atoms with Crippen molar-refractivity contribution in [3.63, 3.8) is 0 Å². The molecule has 3 atom stereocenters. The van der Waals surface area contributed by atoms with Gasteiger partial charge in [0.15, 0.2) is 0 Å². The molecule has 6 rings (SSSR count). The number of amides is 2. The summed E-state index contributed by atoms with van der Waals surface area (Å²) in [6.07, 6.45) is 10.2. The molecule has 1 spiro atoms. The monoisotopic (exact) mass is 516 g/mol. The SMILES string of the molecule is C[C@H](c1cccc(CN2CC[C@@]3(C[C@@H]2C)C(NC2CCCCC2)=NC(=O)N3c2cccc(F)c2)c1)C1CC1. The van der Waals surface area contributed by atoms with E-state index in [0.29, 0.717) is 17.6 Å². The van der Waals surface area contributed by atoms with E-state index in [4.69, 9.17) is 0 Å². The quantitative estimate of drug-likeness (QED) is 0.449. The van der Waals surface area contributed by atoms with Crippen molar-refractivity contribution < 1.29 is 9.18 Å². The minimum Gasteiger partial charge on any atom is -0.369 e. The van der Waals surface area contributed by atoms with Crippen molar-refractivity contribution in [3.05, 3.63) is 65.5 Å². The van der Waals surface area contributed by atoms with Gasteiger partial charge in [-0.25, -0.2) is 9.18 Å². The number of urea groups is 1. The molecule has 0 bridgehead atoms. The van der Waals surface area contributed by atoms with E-state index < -0.39 is 5.54 Å². The second kappa shape index (κ2) is 10.4. The van der Waals surface area contributed by atoms with Crippen LogP contribution in [0.5, 0.6) is 0 Å². The molecule has 2 aliphatic heterocycles. The van der Waals surface area contributed by atoms with Crippen molar-refractivity contribution in [1.29, 1.82) is 0 Å². The lowest BCUT2D eigenvalue weighted by molar-refractivity contribution is 0.122. The summed E-state index contributed by atoms with van der Waals surface area (Å²) in [7, 11) is 0. The number of hydrogen-bond acceptors (Lipinski definition) is 3. The van der Waals surface area contributed by atoms with Gasteiger partial charge in [0.2, 0.25) is 0 Å². The first kappa shape index (κ1) is 25.5. The van der Waals surface area contributed by atoms with Crippen LogP contribution in [0.2, 0.25) is 0 Å². The molecule has 0 aromatic heterocycles. The predicted octanol–water partition coefficient (Wildman–Crippen LogP) is 7.02. The van der Waals surface area contributed by atoms with E-state index in [2.05, 4.69) is 53.3 Å². The molecule has 2 amide bonds. The fraction of sp³-hybridized carbons (Fsp3) is 0.562. The maximum absolute atomic E-state index is 14.3. The molecule has 202 valence electrons. The maximum Gasteiger partial charge on any atom is 0.350 e. The minimum absolute atomic E-state index is 0.244. The fourth-order valence-electron chi connectivity index (χ4n) is 7.12. The van der Waals surface area contributed by atoms with Crippen molar-refractivity contribution in [2.45, 2.75) is 102 Å². The molecule has 1 saturated heterocycles. The number of carbonyl (C=O) groups is 1. The number of anilines is 1. The highest BCUT2D eigenvalue weighted by Gasteiger charge is 2.54. The summed E-state index contributed by atoms with van der Waals surface area (Å²) in [6, 6.07) is 15.9. The zero-order valence-corrected chi connectivity index (χ0v) is 22.8. The zero-order valence-electron chi connectivity index (χ0n) is 22.8. The number of piperidine rings is 1. The van der Waals surface area contributed by atoms with Crippen LogP contribution in [0.15, 0.2) is 53.5 Å². The lowest BCUT2D eigenvalue weighted by atomic mass is 9.80. The van der Waals surface area contributed by atoms with Gasteiger partial charge in [0, 0.05) is 30.9 Å². The number of nitrogens with zero attached hydrogens (tertiary/aromatic N) is 3. The molecule has 0 unspecified atom stereocenters. The molecular weight excluding hydrogens is 475 g/mol. The standard InChI is InChI=1S/C32H41FN4O/c1-22-20-32(16-17-36(22)21-24-8-6-9-26(18-24)23(2)25-14-15-25)30(34-28-11-4-3-5-12-28)35-31(38)37(32)29-13-7-10-27(33)19-29/h6-10,13,18-19,22-23,25,28H,3-5,11-12,14-17,20-21H2,1-2H3,(H,34,35,38)/t22-,23-,32+/m0/s1. The van der Waals surface area contributed by atoms with Gasteiger partial charge in [0.25, 0.3) is 0 Å². The third-order valence-corrected chi connectivity index (χ3v) is 9.54. The van der Waals surface area contributed by atoms with Crippen LogP contribution in [0.4, 0.5) is 14.9 Å². The molecule has 4 aliphatic rings. The maximum atomic E-state index is 14.3. The zero-order chi connectivity index (χ0) is 26.3. The highest BCUT2D eigenvalue weighted by atomic mass is 19.1. The van der Waals surface area contributed by atoms with Gasteiger partial charge in [-0.05, 0) is 86.6 Å². The second-order valence-electron chi connectivity index (χ2n) is 12.2. The van der Waals surface area contributed by atoms with Gasteiger partial charge in [0.05, 0.1) is 0 Å². The molecule has 3 fully saturated rings. The van der Waals surface area contributed by atoms with Crippen LogP contribution in [-0.4, -0.2) is 40.9 Å². The molecule has 0 radical (unpaired) electrons. The summed E-state index contributed by atoms with van der Waals surface area (Å²) in [4.78, 5) is 22.3. The van der Waals surface area contributed by atoms with Crippen LogP contribution in [0.3, 0.4) is 0 Å². The lowest BCUT2D eigenvalue weighted by Crippen LogP contribution is -2.63.